The van der Waals surface area contributed by atoms with Crippen molar-refractivity contribution in [3.63, 3.8) is 0 Å². The van der Waals surface area contributed by atoms with Gasteiger partial charge in [-0.25, -0.2) is 0 Å². The third-order valence-electron chi connectivity index (χ3n) is 21.2. The van der Waals surface area contributed by atoms with Crippen LogP contribution in [0.4, 0.5) is 17.1 Å². The lowest BCUT2D eigenvalue weighted by Crippen LogP contribution is -2.14. The van der Waals surface area contributed by atoms with E-state index in [4.69, 9.17) is 18.8 Å². The molecule has 5 aromatic heterocycles. The molecule has 20 rings (SSSR count). The fourth-order valence-corrected chi connectivity index (χ4v) is 16.3. The van der Waals surface area contributed by atoms with Crippen LogP contribution in [0.15, 0.2) is 355 Å². The van der Waals surface area contributed by atoms with E-state index < -0.39 is 0 Å². The zero-order valence-electron chi connectivity index (χ0n) is 57.5. The molecule has 0 bridgehead atoms. The van der Waals surface area contributed by atoms with E-state index in [2.05, 4.69) is 352 Å². The van der Waals surface area contributed by atoms with Crippen molar-refractivity contribution in [3.8, 4) is 95.0 Å². The van der Waals surface area contributed by atoms with Crippen molar-refractivity contribution in [1.29, 1.82) is 0 Å². The van der Waals surface area contributed by atoms with Crippen molar-refractivity contribution < 1.29 is 8.83 Å². The van der Waals surface area contributed by atoms with Crippen LogP contribution in [0.5, 0.6) is 0 Å². The largest absolute Gasteiger partial charge is 0.456 e. The minimum atomic E-state index is -0.134. The van der Waals surface area contributed by atoms with Gasteiger partial charge in [0.1, 0.15) is 16.7 Å². The van der Waals surface area contributed by atoms with Crippen LogP contribution in [0.2, 0.25) is 0 Å². The molecule has 0 atom stereocenters. The maximum atomic E-state index is 7.81. The number of anilines is 3. The fourth-order valence-electron chi connectivity index (χ4n) is 16.3. The smallest absolute Gasteiger partial charge is 0.160 e. The first-order chi connectivity index (χ1) is 51.2. The zero-order chi connectivity index (χ0) is 69.2. The lowest BCUT2D eigenvalue weighted by Gasteiger charge is -2.28. The van der Waals surface area contributed by atoms with Crippen molar-refractivity contribution >= 4 is 104 Å². The fraction of sp³-hybridized carbons (Fsp3) is 0.0408. The number of hydrogen-bond donors (Lipinski definition) is 0. The molecule has 0 radical (unpaired) electrons. The van der Waals surface area contributed by atoms with Crippen molar-refractivity contribution in [2.24, 2.45) is 0 Å². The molecule has 20 aromatic rings. The summed E-state index contributed by atoms with van der Waals surface area (Å²) in [5.41, 5.74) is 27.4. The molecule has 0 N–H and O–H groups in total. The molecule has 0 aliphatic heterocycles. The standard InChI is InChI=1S/C98H66N4O2/c1-98(2,3)70-29-22-33-73(60-70)101(72-32-21-28-65(52-72)61-24-7-4-8-25-61)88-49-48-78-81-54-67(75-35-14-13-34-74(75)63-42-44-64(45-43-63)77-37-23-41-87-92(77)79-36-15-16-40-86(79)102(87)71-30-11-6-12-31-71)57-89-93(81)94-82(83-56-69(84-38-17-19-50-99-84)59-91-95(83)96(78)97(88)104-91)55-68(58-90(94)103-89)76-47-46-66(62-26-9-5-10-27-62)53-80(76)85-39-18-20-51-100-85/h4-60H,1-3H3. The molecule has 5 heterocycles. The van der Waals surface area contributed by atoms with Gasteiger partial charge in [-0.1, -0.05) is 233 Å². The quantitative estimate of drug-likeness (QED) is 0.122. The van der Waals surface area contributed by atoms with E-state index in [0.717, 1.165) is 172 Å². The van der Waals surface area contributed by atoms with Gasteiger partial charge in [-0.2, -0.15) is 0 Å². The molecule has 490 valence electrons. The Bertz CT molecular complexity index is 6730. The first-order valence-corrected chi connectivity index (χ1v) is 35.7. The van der Waals surface area contributed by atoms with Gasteiger partial charge in [0.25, 0.3) is 0 Å². The number of hydrogen-bond acceptors (Lipinski definition) is 5. The summed E-state index contributed by atoms with van der Waals surface area (Å²) in [5, 5.41) is 10.7. The van der Waals surface area contributed by atoms with Crippen molar-refractivity contribution in [3.05, 3.63) is 352 Å². The molecule has 0 saturated heterocycles. The maximum Gasteiger partial charge on any atom is 0.160 e. The Labute approximate surface area is 601 Å². The van der Waals surface area contributed by atoms with E-state index >= 15 is 0 Å². The highest BCUT2D eigenvalue weighted by Gasteiger charge is 2.29. The third kappa shape index (κ3) is 10.0. The van der Waals surface area contributed by atoms with Gasteiger partial charge >= 0.3 is 0 Å². The summed E-state index contributed by atoms with van der Waals surface area (Å²) in [6.07, 6.45) is 3.75. The van der Waals surface area contributed by atoms with Crippen LogP contribution in [0.25, 0.3) is 182 Å². The number of aromatic nitrogens is 3. The number of furan rings is 2. The third-order valence-corrected chi connectivity index (χ3v) is 21.2. The minimum absolute atomic E-state index is 0.134. The summed E-state index contributed by atoms with van der Waals surface area (Å²) in [7, 11) is 0. The molecule has 0 aliphatic carbocycles. The summed E-state index contributed by atoms with van der Waals surface area (Å²) in [6.45, 7) is 6.85. The average molecular weight is 1330 g/mol. The number of fused-ring (bicyclic) bond motifs is 5. The Morgan fingerprint density at radius 2 is 0.788 bits per heavy atom. The van der Waals surface area contributed by atoms with E-state index in [9.17, 15) is 0 Å². The normalized spacial score (nSPS) is 12.0. The molecule has 0 amide bonds. The van der Waals surface area contributed by atoms with Crippen LogP contribution >= 0.6 is 0 Å². The van der Waals surface area contributed by atoms with Gasteiger partial charge < -0.3 is 18.3 Å². The minimum Gasteiger partial charge on any atom is -0.456 e. The van der Waals surface area contributed by atoms with Gasteiger partial charge in [0.15, 0.2) is 5.58 Å². The van der Waals surface area contributed by atoms with Gasteiger partial charge in [0.05, 0.1) is 28.1 Å². The topological polar surface area (TPSA) is 60.2 Å². The number of pyridine rings is 2. The Kier molecular flexibility index (Phi) is 14.1. The second-order valence-electron chi connectivity index (χ2n) is 28.4. The molecule has 0 aliphatic rings. The second-order valence-corrected chi connectivity index (χ2v) is 28.4. The summed E-state index contributed by atoms with van der Waals surface area (Å²) in [5.74, 6) is 0. The highest BCUT2D eigenvalue weighted by Crippen LogP contribution is 2.53. The van der Waals surface area contributed by atoms with E-state index in [1.165, 1.54) is 32.9 Å². The van der Waals surface area contributed by atoms with E-state index in [-0.39, 0.29) is 5.41 Å². The number of rotatable bonds is 12. The summed E-state index contributed by atoms with van der Waals surface area (Å²) in [6, 6.07) is 121. The summed E-state index contributed by atoms with van der Waals surface area (Å²) >= 11 is 0. The monoisotopic (exact) mass is 1330 g/mol. The Hall–Kier alpha value is -13.4. The molecule has 0 saturated carbocycles. The molecular weight excluding hydrogens is 1270 g/mol. The van der Waals surface area contributed by atoms with Gasteiger partial charge in [-0.15, -0.1) is 0 Å². The summed E-state index contributed by atoms with van der Waals surface area (Å²) < 4.78 is 17.8. The van der Waals surface area contributed by atoms with Crippen LogP contribution < -0.4 is 4.90 Å². The molecule has 0 unspecified atom stereocenters. The SMILES string of the molecule is CC(C)(C)c1cccc(N(c2cccc(-c3ccccc3)c2)c2ccc3c4cc(-c5ccccc5-c5ccc(-c6cccc7c6c6ccccc6n7-c6ccccc6)cc5)cc5oc6cc(-c7ccc(-c8ccccc8)cc7-c7ccccn7)cc(c7cc(-c8ccccn8)cc8oc2c3c87)c6c54)c1. The van der Waals surface area contributed by atoms with Crippen LogP contribution in [0, 0.1) is 0 Å². The number of benzene rings is 14. The lowest BCUT2D eigenvalue weighted by atomic mass is 9.86. The first-order valence-electron chi connectivity index (χ1n) is 35.7. The first kappa shape index (κ1) is 60.5. The molecule has 0 spiro atoms. The van der Waals surface area contributed by atoms with Crippen LogP contribution in [0.3, 0.4) is 0 Å². The average Bonchev–Trinajstić information content (AvgIpc) is 1.51. The number of nitrogens with zero attached hydrogens (tertiary/aromatic N) is 4. The molecule has 0 fully saturated rings. The van der Waals surface area contributed by atoms with Crippen LogP contribution in [-0.2, 0) is 5.41 Å². The van der Waals surface area contributed by atoms with Gasteiger partial charge in [0.2, 0.25) is 0 Å². The predicted octanol–water partition coefficient (Wildman–Crippen LogP) is 27.2. The van der Waals surface area contributed by atoms with E-state index in [1.807, 2.05) is 24.5 Å². The van der Waals surface area contributed by atoms with Gasteiger partial charge in [-0.05, 0) is 221 Å². The Morgan fingerprint density at radius 1 is 0.288 bits per heavy atom. The molecule has 104 heavy (non-hydrogen) atoms. The van der Waals surface area contributed by atoms with Crippen molar-refractivity contribution in [2.75, 3.05) is 4.90 Å². The highest BCUT2D eigenvalue weighted by molar-refractivity contribution is 6.38. The molecule has 6 heteroatoms. The second kappa shape index (κ2) is 24.2. The number of para-hydroxylation sites is 2. The molecular formula is C98H66N4O2. The van der Waals surface area contributed by atoms with E-state index in [0.29, 0.717) is 0 Å². The maximum absolute atomic E-state index is 7.81. The molecule has 15 aromatic carbocycles. The van der Waals surface area contributed by atoms with Gasteiger partial charge in [0, 0.05) is 72.9 Å². The highest BCUT2D eigenvalue weighted by atomic mass is 16.3. The Balaban J connectivity index is 0.863. The van der Waals surface area contributed by atoms with Gasteiger partial charge in [-0.3, -0.25) is 9.97 Å². The lowest BCUT2D eigenvalue weighted by molar-refractivity contribution is 0.590. The zero-order valence-corrected chi connectivity index (χ0v) is 57.5. The van der Waals surface area contributed by atoms with Crippen LogP contribution in [-0.4, -0.2) is 14.5 Å². The van der Waals surface area contributed by atoms with Crippen LogP contribution in [0.1, 0.15) is 26.3 Å². The Morgan fingerprint density at radius 3 is 1.47 bits per heavy atom. The summed E-state index contributed by atoms with van der Waals surface area (Å²) in [4.78, 5) is 12.5. The molecule has 6 nitrogen and oxygen atoms in total. The predicted molar refractivity (Wildman–Crippen MR) is 434 cm³/mol. The van der Waals surface area contributed by atoms with Crippen molar-refractivity contribution in [2.45, 2.75) is 26.2 Å². The van der Waals surface area contributed by atoms with Crippen molar-refractivity contribution in [1.82, 2.24) is 14.5 Å². The van der Waals surface area contributed by atoms with E-state index in [1.54, 1.807) is 0 Å².